The van der Waals surface area contributed by atoms with E-state index in [0.29, 0.717) is 6.42 Å². The number of halogens is 1. The summed E-state index contributed by atoms with van der Waals surface area (Å²) in [5.41, 5.74) is 0. The van der Waals surface area contributed by atoms with Gasteiger partial charge in [0.05, 0.1) is 0 Å². The molecule has 3 nitrogen and oxygen atoms in total. The van der Waals surface area contributed by atoms with Crippen molar-refractivity contribution in [3.05, 3.63) is 0 Å². The Kier molecular flexibility index (Phi) is 22.3. The van der Waals surface area contributed by atoms with E-state index in [1.54, 1.807) is 0 Å². The lowest BCUT2D eigenvalue weighted by atomic mass is 10.0. The summed E-state index contributed by atoms with van der Waals surface area (Å²) in [6, 6.07) is 0. The van der Waals surface area contributed by atoms with Crippen molar-refractivity contribution in [2.45, 2.75) is 128 Å². The Bertz CT molecular complexity index is 334. The molecule has 0 saturated heterocycles. The van der Waals surface area contributed by atoms with E-state index < -0.39 is 7.60 Å². The molecule has 0 bridgehead atoms. The van der Waals surface area contributed by atoms with E-state index in [4.69, 9.17) is 9.79 Å². The monoisotopic (exact) mass is 516 g/mol. The topological polar surface area (TPSA) is 57.5 Å². The molecule has 0 atom stereocenters. The lowest BCUT2D eigenvalue weighted by Crippen LogP contribution is -1.88. The van der Waals surface area contributed by atoms with E-state index in [1.165, 1.54) is 114 Å². The van der Waals surface area contributed by atoms with Gasteiger partial charge in [-0.1, -0.05) is 138 Å². The second-order valence-electron chi connectivity index (χ2n) is 8.15. The molecule has 0 spiro atoms. The van der Waals surface area contributed by atoms with Crippen LogP contribution in [0.2, 0.25) is 0 Å². The molecule has 0 rings (SSSR count). The first kappa shape index (κ1) is 27.9. The van der Waals surface area contributed by atoms with Gasteiger partial charge in [-0.25, -0.2) is 0 Å². The summed E-state index contributed by atoms with van der Waals surface area (Å²) in [7, 11) is -3.76. The zero-order valence-corrected chi connectivity index (χ0v) is 20.7. The Hall–Kier alpha value is 0.880. The standard InChI is InChI=1S/C22H46IO3P/c23-21-19-17-15-13-11-9-7-5-3-1-2-4-6-8-10-12-14-16-18-20-22-27(24,25)26/h1-22H2,(H2,24,25,26). The van der Waals surface area contributed by atoms with Crippen LogP contribution in [0.3, 0.4) is 0 Å². The molecule has 0 heterocycles. The molecule has 164 valence electrons. The maximum Gasteiger partial charge on any atom is 0.325 e. The van der Waals surface area contributed by atoms with Crippen LogP contribution in [-0.2, 0) is 4.57 Å². The van der Waals surface area contributed by atoms with Crippen LogP contribution in [0.5, 0.6) is 0 Å². The number of rotatable bonds is 22. The van der Waals surface area contributed by atoms with Crippen molar-refractivity contribution in [3.8, 4) is 0 Å². The van der Waals surface area contributed by atoms with Crippen molar-refractivity contribution < 1.29 is 14.4 Å². The summed E-state index contributed by atoms with van der Waals surface area (Å²) < 4.78 is 12.0. The molecular weight excluding hydrogens is 470 g/mol. The van der Waals surface area contributed by atoms with Gasteiger partial charge in [-0.05, 0) is 17.3 Å². The minimum absolute atomic E-state index is 0.0613. The molecule has 0 unspecified atom stereocenters. The summed E-state index contributed by atoms with van der Waals surface area (Å²) in [4.78, 5) is 17.6. The van der Waals surface area contributed by atoms with Crippen molar-refractivity contribution in [3.63, 3.8) is 0 Å². The van der Waals surface area contributed by atoms with Gasteiger partial charge in [0.1, 0.15) is 0 Å². The highest BCUT2D eigenvalue weighted by Gasteiger charge is 2.10. The molecule has 0 radical (unpaired) electrons. The van der Waals surface area contributed by atoms with Gasteiger partial charge < -0.3 is 9.79 Å². The molecule has 0 aromatic heterocycles. The Labute approximate surface area is 183 Å². The number of unbranched alkanes of at least 4 members (excludes halogenated alkanes) is 19. The molecular formula is C22H46IO3P. The van der Waals surface area contributed by atoms with Crippen LogP contribution in [0.1, 0.15) is 128 Å². The van der Waals surface area contributed by atoms with Gasteiger partial charge >= 0.3 is 7.60 Å². The third kappa shape index (κ3) is 26.9. The predicted molar refractivity (Wildman–Crippen MR) is 128 cm³/mol. The molecule has 0 aliphatic rings. The largest absolute Gasteiger partial charge is 0.325 e. The smallest absolute Gasteiger partial charge is 0.324 e. The molecule has 0 aromatic rings. The highest BCUT2D eigenvalue weighted by Crippen LogP contribution is 2.35. The van der Waals surface area contributed by atoms with Crippen molar-refractivity contribution in [1.29, 1.82) is 0 Å². The molecule has 0 amide bonds. The van der Waals surface area contributed by atoms with Crippen molar-refractivity contribution in [2.75, 3.05) is 10.6 Å². The van der Waals surface area contributed by atoms with Crippen LogP contribution in [0, 0.1) is 0 Å². The summed E-state index contributed by atoms with van der Waals surface area (Å²) in [6.07, 6.45) is 26.6. The van der Waals surface area contributed by atoms with Crippen LogP contribution in [-0.4, -0.2) is 20.4 Å². The number of alkyl halides is 1. The number of hydrogen-bond donors (Lipinski definition) is 2. The van der Waals surface area contributed by atoms with Crippen molar-refractivity contribution >= 4 is 30.2 Å². The summed E-state index contributed by atoms with van der Waals surface area (Å²) >= 11 is 2.48. The molecule has 0 aromatic carbocycles. The van der Waals surface area contributed by atoms with E-state index in [0.717, 1.165) is 12.8 Å². The molecule has 0 fully saturated rings. The van der Waals surface area contributed by atoms with Crippen LogP contribution in [0.4, 0.5) is 0 Å². The van der Waals surface area contributed by atoms with Gasteiger partial charge in [-0.2, -0.15) is 0 Å². The molecule has 5 heteroatoms. The quantitative estimate of drug-likeness (QED) is 0.0658. The van der Waals surface area contributed by atoms with Crippen molar-refractivity contribution in [1.82, 2.24) is 0 Å². The van der Waals surface area contributed by atoms with Gasteiger partial charge in [0, 0.05) is 6.16 Å². The van der Waals surface area contributed by atoms with Gasteiger partial charge in [0.25, 0.3) is 0 Å². The minimum Gasteiger partial charge on any atom is -0.324 e. The van der Waals surface area contributed by atoms with E-state index >= 15 is 0 Å². The van der Waals surface area contributed by atoms with E-state index in [-0.39, 0.29) is 6.16 Å². The van der Waals surface area contributed by atoms with Crippen molar-refractivity contribution in [2.24, 2.45) is 0 Å². The third-order valence-corrected chi connectivity index (χ3v) is 6.99. The highest BCUT2D eigenvalue weighted by molar-refractivity contribution is 14.1. The van der Waals surface area contributed by atoms with Gasteiger partial charge in [-0.15, -0.1) is 0 Å². The lowest BCUT2D eigenvalue weighted by molar-refractivity contribution is 0.370. The molecule has 0 aliphatic heterocycles. The molecule has 0 aliphatic carbocycles. The fourth-order valence-electron chi connectivity index (χ4n) is 3.59. The highest BCUT2D eigenvalue weighted by atomic mass is 127. The predicted octanol–water partition coefficient (Wildman–Crippen LogP) is 8.40. The first-order chi connectivity index (χ1) is 13.1. The Morgan fingerprint density at radius 3 is 0.889 bits per heavy atom. The SMILES string of the molecule is O=P(O)(O)CCCCCCCCCCCCCCCCCCCCCCI. The normalized spacial score (nSPS) is 12.0. The first-order valence-corrected chi connectivity index (χ1v) is 15.0. The second-order valence-corrected chi connectivity index (χ2v) is 11.0. The zero-order valence-electron chi connectivity index (χ0n) is 17.7. The zero-order chi connectivity index (χ0) is 20.1. The molecule has 0 saturated carbocycles. The Morgan fingerprint density at radius 2 is 0.667 bits per heavy atom. The van der Waals surface area contributed by atoms with E-state index in [2.05, 4.69) is 22.6 Å². The second kappa shape index (κ2) is 21.6. The molecule has 2 N–H and O–H groups in total. The van der Waals surface area contributed by atoms with E-state index in [9.17, 15) is 4.57 Å². The Balaban J connectivity index is 3.02. The van der Waals surface area contributed by atoms with Gasteiger partial charge in [-0.3, -0.25) is 4.57 Å². The Morgan fingerprint density at radius 1 is 0.444 bits per heavy atom. The van der Waals surface area contributed by atoms with Crippen LogP contribution in [0.15, 0.2) is 0 Å². The summed E-state index contributed by atoms with van der Waals surface area (Å²) in [5.74, 6) is 0. The van der Waals surface area contributed by atoms with E-state index in [1.807, 2.05) is 0 Å². The summed E-state index contributed by atoms with van der Waals surface area (Å²) in [5, 5.41) is 0. The van der Waals surface area contributed by atoms with Gasteiger partial charge in [0.15, 0.2) is 0 Å². The minimum atomic E-state index is -3.76. The fraction of sp³-hybridized carbons (Fsp3) is 1.00. The number of hydrogen-bond acceptors (Lipinski definition) is 1. The average molecular weight is 516 g/mol. The fourth-order valence-corrected chi connectivity index (χ4v) is 4.77. The van der Waals surface area contributed by atoms with Crippen LogP contribution < -0.4 is 0 Å². The van der Waals surface area contributed by atoms with Crippen LogP contribution in [0.25, 0.3) is 0 Å². The first-order valence-electron chi connectivity index (χ1n) is 11.7. The summed E-state index contributed by atoms with van der Waals surface area (Å²) in [6.45, 7) is 0. The third-order valence-electron chi connectivity index (χ3n) is 5.33. The van der Waals surface area contributed by atoms with Gasteiger partial charge in [0.2, 0.25) is 0 Å². The average Bonchev–Trinajstić information content (AvgIpc) is 2.62. The maximum absolute atomic E-state index is 10.7. The lowest BCUT2D eigenvalue weighted by Gasteiger charge is -2.04. The maximum atomic E-state index is 10.7. The van der Waals surface area contributed by atoms with Crippen LogP contribution >= 0.6 is 30.2 Å². The molecule has 27 heavy (non-hydrogen) atoms.